The summed E-state index contributed by atoms with van der Waals surface area (Å²) in [5, 5.41) is 23.4. The number of rotatable bonds is 12. The van der Waals surface area contributed by atoms with Crippen LogP contribution in [0.5, 0.6) is 23.0 Å². The van der Waals surface area contributed by atoms with E-state index in [9.17, 15) is 10.2 Å². The summed E-state index contributed by atoms with van der Waals surface area (Å²) in [6, 6.07) is 37.4. The molecule has 0 saturated carbocycles. The molecule has 0 aliphatic heterocycles. The van der Waals surface area contributed by atoms with Gasteiger partial charge in [-0.2, -0.15) is 0 Å². The molecule has 0 atom stereocenters. The van der Waals surface area contributed by atoms with Crippen LogP contribution in [0.25, 0.3) is 43.8 Å². The molecule has 0 spiro atoms. The molecule has 0 unspecified atom stereocenters. The van der Waals surface area contributed by atoms with Crippen molar-refractivity contribution in [3.63, 3.8) is 0 Å². The fraction of sp³-hybridized carbons (Fsp3) is 0.220. The molecule has 0 fully saturated rings. The average Bonchev–Trinajstić information content (AvgIpc) is 3.11. The van der Waals surface area contributed by atoms with E-state index in [0.29, 0.717) is 11.5 Å². The maximum Gasteiger partial charge on any atom is 0.127 e. The number of aliphatic hydroxyl groups is 2. The second-order valence-electron chi connectivity index (χ2n) is 12.0. The fourth-order valence-electron chi connectivity index (χ4n) is 6.05. The van der Waals surface area contributed by atoms with Gasteiger partial charge in [-0.3, -0.25) is 0 Å². The van der Waals surface area contributed by atoms with E-state index in [1.54, 1.807) is 14.2 Å². The van der Waals surface area contributed by atoms with Crippen molar-refractivity contribution in [2.45, 2.75) is 19.3 Å². The van der Waals surface area contributed by atoms with Gasteiger partial charge in [-0.25, -0.2) is 0 Å². The molecule has 0 aliphatic rings. The van der Waals surface area contributed by atoms with Gasteiger partial charge >= 0.3 is 0 Å². The zero-order valence-corrected chi connectivity index (χ0v) is 27.2. The van der Waals surface area contributed by atoms with Crippen LogP contribution in [0.3, 0.4) is 0 Å². The Hall–Kier alpha value is -5.04. The summed E-state index contributed by atoms with van der Waals surface area (Å²) >= 11 is 0. The Balaban J connectivity index is 1.43. The standard InChI is InChI=1S/C41H40O6/c1-41(2,33-11-15-39(46-19-17-42)37(25-33)31-7-5-29-23-35(44-3)13-9-27(29)21-31)34-12-16-40(47-20-18-43)38(26-34)32-8-6-30-24-36(45-4)14-10-28(30)22-32/h5-16,21-26,42-43H,17-20H2,1-4H3. The summed E-state index contributed by atoms with van der Waals surface area (Å²) in [4.78, 5) is 0. The van der Waals surface area contributed by atoms with Crippen molar-refractivity contribution in [2.75, 3.05) is 40.6 Å². The number of benzene rings is 6. The van der Waals surface area contributed by atoms with Crippen molar-refractivity contribution in [3.05, 3.63) is 120 Å². The normalized spacial score (nSPS) is 11.5. The van der Waals surface area contributed by atoms with Crippen LogP contribution in [-0.2, 0) is 5.41 Å². The van der Waals surface area contributed by atoms with Crippen LogP contribution in [0.2, 0.25) is 0 Å². The molecular weight excluding hydrogens is 588 g/mol. The van der Waals surface area contributed by atoms with E-state index in [0.717, 1.165) is 66.4 Å². The zero-order valence-electron chi connectivity index (χ0n) is 27.2. The summed E-state index contributed by atoms with van der Waals surface area (Å²) < 4.78 is 22.9. The van der Waals surface area contributed by atoms with E-state index in [-0.39, 0.29) is 26.4 Å². The number of hydrogen-bond acceptors (Lipinski definition) is 6. The average molecular weight is 629 g/mol. The first-order chi connectivity index (χ1) is 22.8. The van der Waals surface area contributed by atoms with Crippen LogP contribution < -0.4 is 18.9 Å². The molecule has 6 aromatic rings. The second kappa shape index (κ2) is 13.8. The van der Waals surface area contributed by atoms with Crippen LogP contribution in [0, 0.1) is 0 Å². The van der Waals surface area contributed by atoms with Gasteiger partial charge in [0.05, 0.1) is 27.4 Å². The molecule has 0 aliphatic carbocycles. The van der Waals surface area contributed by atoms with Gasteiger partial charge in [0.25, 0.3) is 0 Å². The molecule has 0 saturated heterocycles. The topological polar surface area (TPSA) is 77.4 Å². The molecule has 0 bridgehead atoms. The third-order valence-corrected chi connectivity index (χ3v) is 8.82. The maximum absolute atomic E-state index is 9.52. The van der Waals surface area contributed by atoms with Gasteiger partial charge in [0, 0.05) is 16.5 Å². The minimum Gasteiger partial charge on any atom is -0.497 e. The Morgan fingerprint density at radius 2 is 0.894 bits per heavy atom. The van der Waals surface area contributed by atoms with E-state index in [1.165, 1.54) is 0 Å². The second-order valence-corrected chi connectivity index (χ2v) is 12.0. The van der Waals surface area contributed by atoms with E-state index >= 15 is 0 Å². The largest absolute Gasteiger partial charge is 0.497 e. The monoisotopic (exact) mass is 628 g/mol. The van der Waals surface area contributed by atoms with Crippen molar-refractivity contribution in [1.82, 2.24) is 0 Å². The Morgan fingerprint density at radius 3 is 1.30 bits per heavy atom. The molecule has 47 heavy (non-hydrogen) atoms. The van der Waals surface area contributed by atoms with Crippen LogP contribution in [0.15, 0.2) is 109 Å². The quantitative estimate of drug-likeness (QED) is 0.142. The molecule has 6 nitrogen and oxygen atoms in total. The Kier molecular flexibility index (Phi) is 9.34. The molecule has 0 amide bonds. The van der Waals surface area contributed by atoms with Crippen molar-refractivity contribution in [3.8, 4) is 45.3 Å². The molecule has 6 heteroatoms. The Labute approximate surface area is 275 Å². The Morgan fingerprint density at radius 1 is 0.489 bits per heavy atom. The van der Waals surface area contributed by atoms with Gasteiger partial charge in [-0.15, -0.1) is 0 Å². The predicted octanol–water partition coefficient (Wildman–Crippen LogP) is 8.41. The number of ether oxygens (including phenoxy) is 4. The molecule has 0 heterocycles. The molecule has 6 rings (SSSR count). The van der Waals surface area contributed by atoms with E-state index in [1.807, 2.05) is 36.4 Å². The van der Waals surface area contributed by atoms with Crippen molar-refractivity contribution in [1.29, 1.82) is 0 Å². The first-order valence-electron chi connectivity index (χ1n) is 15.8. The third-order valence-electron chi connectivity index (χ3n) is 8.82. The summed E-state index contributed by atoms with van der Waals surface area (Å²) in [7, 11) is 3.34. The van der Waals surface area contributed by atoms with Crippen molar-refractivity contribution < 1.29 is 29.2 Å². The highest BCUT2D eigenvalue weighted by molar-refractivity contribution is 5.90. The lowest BCUT2D eigenvalue weighted by molar-refractivity contribution is 0.202. The molecule has 0 radical (unpaired) electrons. The van der Waals surface area contributed by atoms with Crippen molar-refractivity contribution in [2.24, 2.45) is 0 Å². The first kappa shape index (κ1) is 31.9. The number of hydrogen-bond donors (Lipinski definition) is 2. The molecular formula is C41H40O6. The van der Waals surface area contributed by atoms with Crippen LogP contribution in [-0.4, -0.2) is 50.9 Å². The van der Waals surface area contributed by atoms with Crippen LogP contribution in [0.1, 0.15) is 25.0 Å². The maximum atomic E-state index is 9.52. The fourth-order valence-corrected chi connectivity index (χ4v) is 6.05. The smallest absolute Gasteiger partial charge is 0.127 e. The van der Waals surface area contributed by atoms with E-state index in [4.69, 9.17) is 18.9 Å². The van der Waals surface area contributed by atoms with E-state index in [2.05, 4.69) is 86.6 Å². The number of methoxy groups -OCH3 is 2. The third kappa shape index (κ3) is 6.61. The number of aliphatic hydroxyl groups excluding tert-OH is 2. The SMILES string of the molecule is COc1ccc2cc(-c3cc(C(C)(C)c4ccc(OCCO)c(-c5ccc6cc(OC)ccc6c5)c4)ccc3OCCO)ccc2c1. The van der Waals surface area contributed by atoms with Gasteiger partial charge < -0.3 is 29.2 Å². The highest BCUT2D eigenvalue weighted by atomic mass is 16.5. The highest BCUT2D eigenvalue weighted by Gasteiger charge is 2.26. The molecule has 240 valence electrons. The Bertz CT molecular complexity index is 1880. The highest BCUT2D eigenvalue weighted by Crippen LogP contribution is 2.42. The van der Waals surface area contributed by atoms with Gasteiger partial charge in [-0.1, -0.05) is 62.4 Å². The number of fused-ring (bicyclic) bond motifs is 2. The summed E-state index contributed by atoms with van der Waals surface area (Å²) in [5.74, 6) is 3.06. The van der Waals surface area contributed by atoms with Gasteiger partial charge in [0.2, 0.25) is 0 Å². The minimum absolute atomic E-state index is 0.0695. The summed E-state index contributed by atoms with van der Waals surface area (Å²) in [6.07, 6.45) is 0. The van der Waals surface area contributed by atoms with Crippen LogP contribution in [0.4, 0.5) is 0 Å². The van der Waals surface area contributed by atoms with E-state index < -0.39 is 5.41 Å². The van der Waals surface area contributed by atoms with Gasteiger partial charge in [0.15, 0.2) is 0 Å². The molecule has 2 N–H and O–H groups in total. The summed E-state index contributed by atoms with van der Waals surface area (Å²) in [5.41, 5.74) is 5.77. The molecule has 0 aromatic heterocycles. The summed E-state index contributed by atoms with van der Waals surface area (Å²) in [6.45, 7) is 4.70. The van der Waals surface area contributed by atoms with Crippen molar-refractivity contribution >= 4 is 21.5 Å². The lowest BCUT2D eigenvalue weighted by Crippen LogP contribution is -2.19. The minimum atomic E-state index is -0.400. The zero-order chi connectivity index (χ0) is 33.0. The lowest BCUT2D eigenvalue weighted by Gasteiger charge is -2.28. The van der Waals surface area contributed by atoms with Crippen LogP contribution >= 0.6 is 0 Å². The molecule has 6 aromatic carbocycles. The van der Waals surface area contributed by atoms with Gasteiger partial charge in [-0.05, 0) is 104 Å². The van der Waals surface area contributed by atoms with Gasteiger partial charge in [0.1, 0.15) is 36.2 Å². The lowest BCUT2D eigenvalue weighted by atomic mass is 9.76. The predicted molar refractivity (Wildman–Crippen MR) is 189 cm³/mol. The first-order valence-corrected chi connectivity index (χ1v) is 15.8.